The Balaban J connectivity index is 2.31. The van der Waals surface area contributed by atoms with Crippen molar-refractivity contribution in [1.82, 2.24) is 25.8 Å². The summed E-state index contributed by atoms with van der Waals surface area (Å²) in [7, 11) is 0. The van der Waals surface area contributed by atoms with Gasteiger partial charge in [-0.05, 0) is 0 Å². The van der Waals surface area contributed by atoms with E-state index in [1.54, 1.807) is 0 Å². The van der Waals surface area contributed by atoms with Gasteiger partial charge in [-0.2, -0.15) is 0 Å². The number of aromatic amines is 2. The molecule has 0 spiro atoms. The summed E-state index contributed by atoms with van der Waals surface area (Å²) in [6, 6.07) is 0. The molecule has 4 N–H and O–H groups in total. The zero-order valence-corrected chi connectivity index (χ0v) is 8.09. The Labute approximate surface area is 84.5 Å². The van der Waals surface area contributed by atoms with Gasteiger partial charge < -0.3 is 10.6 Å². The summed E-state index contributed by atoms with van der Waals surface area (Å²) in [4.78, 5) is 34.5. The van der Waals surface area contributed by atoms with Crippen LogP contribution in [0.25, 0.3) is 0 Å². The third-order valence-corrected chi connectivity index (χ3v) is 1.50. The van der Waals surface area contributed by atoms with E-state index < -0.39 is 11.6 Å². The van der Waals surface area contributed by atoms with E-state index in [2.05, 4.69) is 25.8 Å². The highest BCUT2D eigenvalue weighted by Crippen LogP contribution is 1.80. The standard InChI is InChI=1S/C7H11N5O3/c1-4(13)8-2-3-9-6(14)5-10-7(15)12-11-5/h2-3H2,1H3,(H,8,13)(H,9,14)(H2,10,11,12,15). The van der Waals surface area contributed by atoms with Crippen LogP contribution < -0.4 is 16.3 Å². The molecule has 1 rings (SSSR count). The monoisotopic (exact) mass is 213 g/mol. The molecule has 0 bridgehead atoms. The molecular formula is C7H11N5O3. The Hall–Kier alpha value is -2.12. The Morgan fingerprint density at radius 2 is 2.00 bits per heavy atom. The summed E-state index contributed by atoms with van der Waals surface area (Å²) in [6.45, 7) is 1.98. The minimum atomic E-state index is -0.540. The second kappa shape index (κ2) is 4.94. The molecule has 0 aliphatic carbocycles. The van der Waals surface area contributed by atoms with Gasteiger partial charge in [0.05, 0.1) is 0 Å². The van der Waals surface area contributed by atoms with Crippen LogP contribution in [0.2, 0.25) is 0 Å². The summed E-state index contributed by atoms with van der Waals surface area (Å²) in [5.74, 6) is -0.751. The maximum Gasteiger partial charge on any atom is 0.341 e. The number of hydrogen-bond donors (Lipinski definition) is 4. The summed E-state index contributed by atoms with van der Waals surface area (Å²) < 4.78 is 0. The summed E-state index contributed by atoms with van der Waals surface area (Å²) in [6.07, 6.45) is 0. The third kappa shape index (κ3) is 3.63. The Bertz CT molecular complexity index is 407. The van der Waals surface area contributed by atoms with E-state index in [4.69, 9.17) is 0 Å². The molecule has 0 atom stereocenters. The van der Waals surface area contributed by atoms with Crippen LogP contribution in [-0.2, 0) is 4.79 Å². The molecule has 8 nitrogen and oxygen atoms in total. The van der Waals surface area contributed by atoms with Gasteiger partial charge in [0.2, 0.25) is 11.7 Å². The molecule has 82 valence electrons. The maximum atomic E-state index is 11.2. The molecule has 0 fully saturated rings. The topological polar surface area (TPSA) is 120 Å². The number of nitrogens with one attached hydrogen (secondary N) is 4. The number of rotatable bonds is 4. The summed E-state index contributed by atoms with van der Waals surface area (Å²) in [5, 5.41) is 10.5. The number of H-pyrrole nitrogens is 2. The molecule has 0 aliphatic rings. The van der Waals surface area contributed by atoms with Gasteiger partial charge in [-0.15, -0.1) is 5.10 Å². The molecular weight excluding hydrogens is 202 g/mol. The number of hydrogen-bond acceptors (Lipinski definition) is 4. The highest BCUT2D eigenvalue weighted by molar-refractivity contribution is 5.90. The lowest BCUT2D eigenvalue weighted by molar-refractivity contribution is -0.118. The lowest BCUT2D eigenvalue weighted by atomic mass is 10.5. The van der Waals surface area contributed by atoms with Crippen LogP contribution in [0.4, 0.5) is 0 Å². The first-order valence-corrected chi connectivity index (χ1v) is 4.27. The van der Waals surface area contributed by atoms with Crippen LogP contribution in [0.1, 0.15) is 17.5 Å². The van der Waals surface area contributed by atoms with Crippen LogP contribution in [0.15, 0.2) is 4.79 Å². The van der Waals surface area contributed by atoms with Crippen molar-refractivity contribution in [1.29, 1.82) is 0 Å². The van der Waals surface area contributed by atoms with Crippen LogP contribution in [0.5, 0.6) is 0 Å². The Morgan fingerprint density at radius 1 is 1.33 bits per heavy atom. The molecule has 0 unspecified atom stereocenters. The fourth-order valence-electron chi connectivity index (χ4n) is 0.876. The number of nitrogens with zero attached hydrogens (tertiary/aromatic N) is 1. The number of aromatic nitrogens is 3. The van der Waals surface area contributed by atoms with Crippen LogP contribution in [0, 0.1) is 0 Å². The summed E-state index contributed by atoms with van der Waals surface area (Å²) in [5.41, 5.74) is -0.540. The molecule has 1 heterocycles. The SMILES string of the molecule is CC(=O)NCCNC(=O)c1n[nH]c(=O)[nH]1. The molecule has 1 aromatic heterocycles. The van der Waals surface area contributed by atoms with Crippen LogP contribution >= 0.6 is 0 Å². The van der Waals surface area contributed by atoms with Crippen molar-refractivity contribution in [3.63, 3.8) is 0 Å². The first-order valence-electron chi connectivity index (χ1n) is 4.27. The number of carbonyl (C=O) groups excluding carboxylic acids is 2. The normalized spacial score (nSPS) is 9.67. The second-order valence-electron chi connectivity index (χ2n) is 2.77. The van der Waals surface area contributed by atoms with E-state index in [1.165, 1.54) is 6.92 Å². The highest BCUT2D eigenvalue weighted by Gasteiger charge is 2.08. The average molecular weight is 213 g/mol. The quantitative estimate of drug-likeness (QED) is 0.431. The molecule has 0 aromatic carbocycles. The first-order chi connectivity index (χ1) is 7.09. The smallest absolute Gasteiger partial charge is 0.341 e. The van der Waals surface area contributed by atoms with E-state index in [1.807, 2.05) is 0 Å². The average Bonchev–Trinajstić information content (AvgIpc) is 2.59. The van der Waals surface area contributed by atoms with Crippen molar-refractivity contribution in [2.75, 3.05) is 13.1 Å². The van der Waals surface area contributed by atoms with Gasteiger partial charge in [0.25, 0.3) is 5.91 Å². The van der Waals surface area contributed by atoms with Crippen molar-refractivity contribution in [3.05, 3.63) is 16.3 Å². The predicted octanol–water partition coefficient (Wildman–Crippen LogP) is -2.04. The van der Waals surface area contributed by atoms with Crippen molar-refractivity contribution in [2.45, 2.75) is 6.92 Å². The largest absolute Gasteiger partial charge is 0.355 e. The van der Waals surface area contributed by atoms with Crippen LogP contribution in [0.3, 0.4) is 0 Å². The van der Waals surface area contributed by atoms with E-state index in [0.717, 1.165) is 0 Å². The minimum Gasteiger partial charge on any atom is -0.355 e. The van der Waals surface area contributed by atoms with Gasteiger partial charge in [0.1, 0.15) is 0 Å². The van der Waals surface area contributed by atoms with E-state index >= 15 is 0 Å². The minimum absolute atomic E-state index is 0.0807. The lowest BCUT2D eigenvalue weighted by Crippen LogP contribution is -2.34. The highest BCUT2D eigenvalue weighted by atomic mass is 16.2. The van der Waals surface area contributed by atoms with E-state index in [0.29, 0.717) is 6.54 Å². The zero-order valence-electron chi connectivity index (χ0n) is 8.09. The van der Waals surface area contributed by atoms with Crippen molar-refractivity contribution < 1.29 is 9.59 Å². The lowest BCUT2D eigenvalue weighted by Gasteiger charge is -2.02. The number of carbonyl (C=O) groups is 2. The van der Waals surface area contributed by atoms with Gasteiger partial charge in [-0.3, -0.25) is 14.6 Å². The van der Waals surface area contributed by atoms with Gasteiger partial charge in [0, 0.05) is 20.0 Å². The van der Waals surface area contributed by atoms with Crippen molar-refractivity contribution in [2.24, 2.45) is 0 Å². The maximum absolute atomic E-state index is 11.2. The molecule has 0 aliphatic heterocycles. The van der Waals surface area contributed by atoms with Crippen LogP contribution in [-0.4, -0.2) is 40.1 Å². The molecule has 0 saturated carbocycles. The summed E-state index contributed by atoms with van der Waals surface area (Å²) >= 11 is 0. The molecule has 1 aromatic rings. The van der Waals surface area contributed by atoms with E-state index in [9.17, 15) is 14.4 Å². The van der Waals surface area contributed by atoms with Gasteiger partial charge in [-0.1, -0.05) is 0 Å². The third-order valence-electron chi connectivity index (χ3n) is 1.50. The zero-order chi connectivity index (χ0) is 11.3. The fourth-order valence-corrected chi connectivity index (χ4v) is 0.876. The molecule has 15 heavy (non-hydrogen) atoms. The Morgan fingerprint density at radius 3 is 2.53 bits per heavy atom. The molecule has 8 heteroatoms. The van der Waals surface area contributed by atoms with Gasteiger partial charge in [0.15, 0.2) is 0 Å². The van der Waals surface area contributed by atoms with Gasteiger partial charge >= 0.3 is 5.69 Å². The fraction of sp³-hybridized carbons (Fsp3) is 0.429. The molecule has 0 radical (unpaired) electrons. The van der Waals surface area contributed by atoms with Crippen molar-refractivity contribution >= 4 is 11.8 Å². The number of amides is 2. The predicted molar refractivity (Wildman–Crippen MR) is 50.2 cm³/mol. The Kier molecular flexibility index (Phi) is 3.61. The van der Waals surface area contributed by atoms with Gasteiger partial charge in [-0.25, -0.2) is 9.89 Å². The first kappa shape index (κ1) is 11.0. The molecule has 0 saturated heterocycles. The van der Waals surface area contributed by atoms with Crippen molar-refractivity contribution in [3.8, 4) is 0 Å². The second-order valence-corrected chi connectivity index (χ2v) is 2.77. The molecule has 2 amide bonds. The van der Waals surface area contributed by atoms with E-state index in [-0.39, 0.29) is 18.3 Å².